The smallest absolute Gasteiger partial charge is 0.224 e. The quantitative estimate of drug-likeness (QED) is 0.773. The van der Waals surface area contributed by atoms with Gasteiger partial charge in [-0.3, -0.25) is 4.79 Å². The summed E-state index contributed by atoms with van der Waals surface area (Å²) < 4.78 is 0. The van der Waals surface area contributed by atoms with Gasteiger partial charge in [-0.25, -0.2) is 4.98 Å². The molecule has 6 nitrogen and oxygen atoms in total. The molecule has 2 heterocycles. The minimum atomic E-state index is 0.180. The molecule has 0 bridgehead atoms. The standard InChI is InChI=1S/C15H23N5O/c1-11-10-13(20-8-2-3-9-20)19-15(18-11)17-7-6-16-14(21)12-4-5-12/h10,12H,2-9H2,1H3,(H,16,21)(H,17,18,19). The number of nitrogens with zero attached hydrogens (tertiary/aromatic N) is 3. The van der Waals surface area contributed by atoms with Gasteiger partial charge in [-0.15, -0.1) is 0 Å². The van der Waals surface area contributed by atoms with Gasteiger partial charge >= 0.3 is 0 Å². The lowest BCUT2D eigenvalue weighted by atomic mass is 10.4. The Labute approximate surface area is 125 Å². The number of carbonyl (C=O) groups is 1. The highest BCUT2D eigenvalue weighted by atomic mass is 16.2. The monoisotopic (exact) mass is 289 g/mol. The van der Waals surface area contributed by atoms with Crippen molar-refractivity contribution in [2.45, 2.75) is 32.6 Å². The van der Waals surface area contributed by atoms with Gasteiger partial charge < -0.3 is 15.5 Å². The van der Waals surface area contributed by atoms with Gasteiger partial charge in [-0.2, -0.15) is 4.98 Å². The van der Waals surface area contributed by atoms with E-state index in [1.165, 1.54) is 12.8 Å². The molecule has 1 aliphatic carbocycles. The van der Waals surface area contributed by atoms with Crippen LogP contribution in [0.4, 0.5) is 11.8 Å². The zero-order chi connectivity index (χ0) is 14.7. The van der Waals surface area contributed by atoms with Gasteiger partial charge in [-0.05, 0) is 32.6 Å². The van der Waals surface area contributed by atoms with Crippen LogP contribution < -0.4 is 15.5 Å². The molecule has 1 aromatic rings. The molecule has 2 fully saturated rings. The Morgan fingerprint density at radius 2 is 2.05 bits per heavy atom. The van der Waals surface area contributed by atoms with Gasteiger partial charge in [0.2, 0.25) is 11.9 Å². The highest BCUT2D eigenvalue weighted by Crippen LogP contribution is 2.28. The van der Waals surface area contributed by atoms with E-state index in [9.17, 15) is 4.79 Å². The Hall–Kier alpha value is -1.85. The van der Waals surface area contributed by atoms with Gasteiger partial charge in [-0.1, -0.05) is 0 Å². The molecule has 1 saturated heterocycles. The molecule has 0 unspecified atom stereocenters. The number of hydrogen-bond acceptors (Lipinski definition) is 5. The van der Waals surface area contributed by atoms with Crippen LogP contribution in [0, 0.1) is 12.8 Å². The maximum atomic E-state index is 11.5. The van der Waals surface area contributed by atoms with Crippen molar-refractivity contribution >= 4 is 17.7 Å². The number of carbonyl (C=O) groups excluding carboxylic acids is 1. The normalized spacial score (nSPS) is 17.9. The van der Waals surface area contributed by atoms with Gasteiger partial charge in [0.05, 0.1) is 0 Å². The van der Waals surface area contributed by atoms with Crippen LogP contribution in [-0.4, -0.2) is 42.1 Å². The molecule has 3 rings (SSSR count). The SMILES string of the molecule is Cc1cc(N2CCCC2)nc(NCCNC(=O)C2CC2)n1. The molecule has 0 atom stereocenters. The average Bonchev–Trinajstić information content (AvgIpc) is 3.17. The third-order valence-corrected chi connectivity index (χ3v) is 3.93. The maximum absolute atomic E-state index is 11.5. The van der Waals surface area contributed by atoms with E-state index in [2.05, 4.69) is 25.5 Å². The summed E-state index contributed by atoms with van der Waals surface area (Å²) >= 11 is 0. The molecule has 21 heavy (non-hydrogen) atoms. The Bertz CT molecular complexity index is 509. The second-order valence-corrected chi connectivity index (χ2v) is 5.88. The predicted octanol–water partition coefficient (Wildman–Crippen LogP) is 1.32. The first kappa shape index (κ1) is 14.1. The van der Waals surface area contributed by atoms with Crippen LogP contribution in [0.25, 0.3) is 0 Å². The maximum Gasteiger partial charge on any atom is 0.224 e. The van der Waals surface area contributed by atoms with E-state index in [1.807, 2.05) is 13.0 Å². The van der Waals surface area contributed by atoms with Crippen molar-refractivity contribution in [3.63, 3.8) is 0 Å². The van der Waals surface area contributed by atoms with Gasteiger partial charge in [0.1, 0.15) is 5.82 Å². The summed E-state index contributed by atoms with van der Waals surface area (Å²) in [7, 11) is 0. The molecule has 114 valence electrons. The van der Waals surface area contributed by atoms with E-state index in [1.54, 1.807) is 0 Å². The summed E-state index contributed by atoms with van der Waals surface area (Å²) in [6.45, 7) is 5.41. The first-order valence-corrected chi connectivity index (χ1v) is 7.84. The van der Waals surface area contributed by atoms with Gasteiger partial charge in [0, 0.05) is 43.9 Å². The molecule has 1 saturated carbocycles. The molecular weight excluding hydrogens is 266 g/mol. The van der Waals surface area contributed by atoms with Crippen LogP contribution in [0.15, 0.2) is 6.07 Å². The molecule has 6 heteroatoms. The molecule has 1 aromatic heterocycles. The molecular formula is C15H23N5O. The van der Waals surface area contributed by atoms with Gasteiger partial charge in [0.25, 0.3) is 0 Å². The number of hydrogen-bond donors (Lipinski definition) is 2. The number of nitrogens with one attached hydrogen (secondary N) is 2. The minimum Gasteiger partial charge on any atom is -0.356 e. The number of anilines is 2. The first-order valence-electron chi connectivity index (χ1n) is 7.84. The van der Waals surface area contributed by atoms with Gasteiger partial charge in [0.15, 0.2) is 0 Å². The Kier molecular flexibility index (Phi) is 4.22. The van der Waals surface area contributed by atoms with E-state index < -0.39 is 0 Å². The fraction of sp³-hybridized carbons (Fsp3) is 0.667. The van der Waals surface area contributed by atoms with Crippen molar-refractivity contribution in [1.82, 2.24) is 15.3 Å². The second-order valence-electron chi connectivity index (χ2n) is 5.88. The van der Waals surface area contributed by atoms with E-state index in [0.29, 0.717) is 19.0 Å². The molecule has 1 aliphatic heterocycles. The third-order valence-electron chi connectivity index (χ3n) is 3.93. The molecule has 0 spiro atoms. The van der Waals surface area contributed by atoms with E-state index in [-0.39, 0.29) is 11.8 Å². The number of aryl methyl sites for hydroxylation is 1. The highest BCUT2D eigenvalue weighted by molar-refractivity contribution is 5.80. The zero-order valence-electron chi connectivity index (χ0n) is 12.6. The van der Waals surface area contributed by atoms with Crippen molar-refractivity contribution < 1.29 is 4.79 Å². The lowest BCUT2D eigenvalue weighted by Gasteiger charge is -2.17. The topological polar surface area (TPSA) is 70.2 Å². The molecule has 0 aromatic carbocycles. The highest BCUT2D eigenvalue weighted by Gasteiger charge is 2.28. The number of aromatic nitrogens is 2. The Balaban J connectivity index is 1.50. The van der Waals surface area contributed by atoms with Crippen LogP contribution in [0.3, 0.4) is 0 Å². The lowest BCUT2D eigenvalue weighted by molar-refractivity contribution is -0.122. The van der Waals surface area contributed by atoms with Crippen molar-refractivity contribution in [3.8, 4) is 0 Å². The summed E-state index contributed by atoms with van der Waals surface area (Å²) in [5, 5.41) is 6.13. The average molecular weight is 289 g/mol. The Morgan fingerprint density at radius 1 is 1.29 bits per heavy atom. The number of amides is 1. The summed E-state index contributed by atoms with van der Waals surface area (Å²) in [6, 6.07) is 2.03. The number of rotatable bonds is 6. The summed E-state index contributed by atoms with van der Waals surface area (Å²) in [5.74, 6) is 2.10. The van der Waals surface area contributed by atoms with E-state index in [4.69, 9.17) is 0 Å². The summed E-state index contributed by atoms with van der Waals surface area (Å²) in [4.78, 5) is 22.8. The van der Waals surface area contributed by atoms with Crippen LogP contribution in [0.2, 0.25) is 0 Å². The lowest BCUT2D eigenvalue weighted by Crippen LogP contribution is -2.30. The molecule has 1 amide bonds. The van der Waals surface area contributed by atoms with Crippen molar-refractivity contribution in [2.24, 2.45) is 5.92 Å². The molecule has 2 aliphatic rings. The summed E-state index contributed by atoms with van der Waals surface area (Å²) in [6.07, 6.45) is 4.55. The first-order chi connectivity index (χ1) is 10.2. The Morgan fingerprint density at radius 3 is 2.76 bits per heavy atom. The third kappa shape index (κ3) is 3.83. The predicted molar refractivity (Wildman–Crippen MR) is 82.4 cm³/mol. The fourth-order valence-corrected chi connectivity index (χ4v) is 2.59. The van der Waals surface area contributed by atoms with Crippen LogP contribution in [0.1, 0.15) is 31.4 Å². The largest absolute Gasteiger partial charge is 0.356 e. The fourth-order valence-electron chi connectivity index (χ4n) is 2.59. The summed E-state index contributed by atoms with van der Waals surface area (Å²) in [5.41, 5.74) is 0.969. The van der Waals surface area contributed by atoms with Crippen LogP contribution >= 0.6 is 0 Å². The minimum absolute atomic E-state index is 0.180. The molecule has 2 N–H and O–H groups in total. The van der Waals surface area contributed by atoms with E-state index >= 15 is 0 Å². The van der Waals surface area contributed by atoms with Crippen LogP contribution in [0.5, 0.6) is 0 Å². The van der Waals surface area contributed by atoms with Crippen molar-refractivity contribution in [2.75, 3.05) is 36.4 Å². The second kappa shape index (κ2) is 6.28. The molecule has 0 radical (unpaired) electrons. The van der Waals surface area contributed by atoms with E-state index in [0.717, 1.165) is 37.4 Å². The van der Waals surface area contributed by atoms with Crippen LogP contribution in [-0.2, 0) is 4.79 Å². The zero-order valence-corrected chi connectivity index (χ0v) is 12.6. The van der Waals surface area contributed by atoms with Crippen molar-refractivity contribution in [3.05, 3.63) is 11.8 Å². The van der Waals surface area contributed by atoms with Crippen molar-refractivity contribution in [1.29, 1.82) is 0 Å².